The van der Waals surface area contributed by atoms with Crippen LogP contribution in [0.1, 0.15) is 5.56 Å². The largest absolute Gasteiger partial charge is 0.442 e. The molecule has 0 spiro atoms. The molecule has 1 heterocycles. The zero-order valence-corrected chi connectivity index (χ0v) is 6.96. The third-order valence-electron chi connectivity index (χ3n) is 1.73. The summed E-state index contributed by atoms with van der Waals surface area (Å²) >= 11 is 0. The summed E-state index contributed by atoms with van der Waals surface area (Å²) in [5, 5.41) is 0. The van der Waals surface area contributed by atoms with Gasteiger partial charge in [0.1, 0.15) is 18.1 Å². The molecule has 3 heteroatoms. The van der Waals surface area contributed by atoms with Gasteiger partial charge in [0, 0.05) is 5.56 Å². The van der Waals surface area contributed by atoms with Crippen LogP contribution in [0.25, 0.3) is 0 Å². The number of nitrogens with zero attached hydrogens (tertiary/aromatic N) is 1. The number of hydrogen-bond donors (Lipinski definition) is 0. The monoisotopic (exact) mass is 177 g/mol. The molecule has 0 bridgehead atoms. The van der Waals surface area contributed by atoms with Crippen molar-refractivity contribution < 1.29 is 9.13 Å². The summed E-state index contributed by atoms with van der Waals surface area (Å²) in [6.07, 6.45) is 0. The van der Waals surface area contributed by atoms with E-state index in [1.54, 1.807) is 12.1 Å². The highest BCUT2D eigenvalue weighted by molar-refractivity contribution is 5.95. The van der Waals surface area contributed by atoms with Crippen LogP contribution in [0.2, 0.25) is 0 Å². The van der Waals surface area contributed by atoms with Gasteiger partial charge in [0.15, 0.2) is 0 Å². The summed E-state index contributed by atoms with van der Waals surface area (Å²) in [5.74, 6) is 0.880. The fourth-order valence-corrected chi connectivity index (χ4v) is 1.10. The Labute approximate surface area is 75.4 Å². The van der Waals surface area contributed by atoms with E-state index >= 15 is 0 Å². The van der Waals surface area contributed by atoms with Gasteiger partial charge in [-0.05, 0) is 24.3 Å². The molecule has 0 fully saturated rings. The second kappa shape index (κ2) is 3.01. The van der Waals surface area contributed by atoms with Crippen molar-refractivity contribution >= 4 is 5.90 Å². The van der Waals surface area contributed by atoms with Crippen molar-refractivity contribution in [1.82, 2.24) is 0 Å². The zero-order chi connectivity index (χ0) is 9.26. The summed E-state index contributed by atoms with van der Waals surface area (Å²) in [6.45, 7) is 4.13. The number of benzene rings is 1. The molecular weight excluding hydrogens is 169 g/mol. The molecule has 1 aliphatic heterocycles. The molecule has 13 heavy (non-hydrogen) atoms. The minimum atomic E-state index is -0.263. The molecule has 0 saturated heterocycles. The Morgan fingerprint density at radius 2 is 2.00 bits per heavy atom. The SMILES string of the molecule is C=C1CN=C(c2ccc(F)cc2)O1. The van der Waals surface area contributed by atoms with E-state index in [-0.39, 0.29) is 5.82 Å². The average molecular weight is 177 g/mol. The Hall–Kier alpha value is -1.64. The number of aliphatic imine (C=N–C) groups is 1. The van der Waals surface area contributed by atoms with E-state index in [1.807, 2.05) is 0 Å². The molecule has 0 amide bonds. The molecular formula is C10H8FNO. The molecule has 0 N–H and O–H groups in total. The van der Waals surface area contributed by atoms with Crippen molar-refractivity contribution in [3.63, 3.8) is 0 Å². The fourth-order valence-electron chi connectivity index (χ4n) is 1.10. The lowest BCUT2D eigenvalue weighted by atomic mass is 10.2. The smallest absolute Gasteiger partial charge is 0.222 e. The summed E-state index contributed by atoms with van der Waals surface area (Å²) in [7, 11) is 0. The first-order valence-corrected chi connectivity index (χ1v) is 3.92. The topological polar surface area (TPSA) is 21.6 Å². The summed E-state index contributed by atoms with van der Waals surface area (Å²) in [6, 6.07) is 6.02. The molecule has 0 radical (unpaired) electrons. The van der Waals surface area contributed by atoms with Gasteiger partial charge < -0.3 is 4.74 Å². The normalized spacial score (nSPS) is 15.5. The van der Waals surface area contributed by atoms with Crippen LogP contribution >= 0.6 is 0 Å². The van der Waals surface area contributed by atoms with Gasteiger partial charge in [-0.2, -0.15) is 0 Å². The second-order valence-corrected chi connectivity index (χ2v) is 2.77. The van der Waals surface area contributed by atoms with Crippen LogP contribution in [0.4, 0.5) is 4.39 Å². The predicted molar refractivity (Wildman–Crippen MR) is 48.0 cm³/mol. The molecule has 2 nitrogen and oxygen atoms in total. The van der Waals surface area contributed by atoms with E-state index < -0.39 is 0 Å². The van der Waals surface area contributed by atoms with Crippen LogP contribution in [0.3, 0.4) is 0 Å². The van der Waals surface area contributed by atoms with Gasteiger partial charge in [-0.3, -0.25) is 0 Å². The Morgan fingerprint density at radius 1 is 1.31 bits per heavy atom. The highest BCUT2D eigenvalue weighted by atomic mass is 19.1. The van der Waals surface area contributed by atoms with Crippen LogP contribution in [0.5, 0.6) is 0 Å². The van der Waals surface area contributed by atoms with Gasteiger partial charge in [0.2, 0.25) is 5.90 Å². The Balaban J connectivity index is 2.27. The highest BCUT2D eigenvalue weighted by Gasteiger charge is 2.12. The van der Waals surface area contributed by atoms with Crippen LogP contribution in [-0.4, -0.2) is 12.4 Å². The van der Waals surface area contributed by atoms with Crippen molar-refractivity contribution in [2.75, 3.05) is 6.54 Å². The number of halogens is 1. The number of ether oxygens (including phenoxy) is 1. The van der Waals surface area contributed by atoms with E-state index in [2.05, 4.69) is 11.6 Å². The summed E-state index contributed by atoms with van der Waals surface area (Å²) in [4.78, 5) is 4.09. The molecule has 66 valence electrons. The Kier molecular flexibility index (Phi) is 1.85. The summed E-state index contributed by atoms with van der Waals surface area (Å²) < 4.78 is 17.8. The Bertz CT molecular complexity index is 367. The lowest BCUT2D eigenvalue weighted by Crippen LogP contribution is -1.99. The van der Waals surface area contributed by atoms with Crippen LogP contribution in [0, 0.1) is 5.82 Å². The van der Waals surface area contributed by atoms with Crippen LogP contribution in [-0.2, 0) is 4.74 Å². The lowest BCUT2D eigenvalue weighted by molar-refractivity contribution is 0.442. The van der Waals surface area contributed by atoms with E-state index in [0.717, 1.165) is 5.56 Å². The molecule has 2 rings (SSSR count). The van der Waals surface area contributed by atoms with Gasteiger partial charge in [-0.1, -0.05) is 6.58 Å². The lowest BCUT2D eigenvalue weighted by Gasteiger charge is -2.00. The van der Waals surface area contributed by atoms with E-state index in [0.29, 0.717) is 18.2 Å². The Morgan fingerprint density at radius 3 is 2.54 bits per heavy atom. The number of hydrogen-bond acceptors (Lipinski definition) is 2. The van der Waals surface area contributed by atoms with Crippen LogP contribution in [0.15, 0.2) is 41.6 Å². The maximum absolute atomic E-state index is 12.6. The predicted octanol–water partition coefficient (Wildman–Crippen LogP) is 2.12. The van der Waals surface area contributed by atoms with Crippen molar-refractivity contribution in [2.45, 2.75) is 0 Å². The second-order valence-electron chi connectivity index (χ2n) is 2.77. The van der Waals surface area contributed by atoms with E-state index in [4.69, 9.17) is 4.74 Å². The quantitative estimate of drug-likeness (QED) is 0.643. The molecule has 0 unspecified atom stereocenters. The number of rotatable bonds is 1. The maximum atomic E-state index is 12.6. The maximum Gasteiger partial charge on any atom is 0.222 e. The standard InChI is InChI=1S/C10H8FNO/c1-7-6-12-10(13-7)8-2-4-9(11)5-3-8/h2-5H,1,6H2. The minimum Gasteiger partial charge on any atom is -0.442 e. The van der Waals surface area contributed by atoms with Gasteiger partial charge in [-0.25, -0.2) is 9.38 Å². The molecule has 0 saturated carbocycles. The van der Waals surface area contributed by atoms with E-state index in [1.165, 1.54) is 12.1 Å². The fraction of sp³-hybridized carbons (Fsp3) is 0.100. The third-order valence-corrected chi connectivity index (χ3v) is 1.73. The zero-order valence-electron chi connectivity index (χ0n) is 6.96. The minimum absolute atomic E-state index is 0.263. The molecule has 0 aromatic heterocycles. The van der Waals surface area contributed by atoms with E-state index in [9.17, 15) is 4.39 Å². The first-order chi connectivity index (χ1) is 6.25. The van der Waals surface area contributed by atoms with Gasteiger partial charge in [-0.15, -0.1) is 0 Å². The van der Waals surface area contributed by atoms with Crippen molar-refractivity contribution in [1.29, 1.82) is 0 Å². The molecule has 1 aromatic carbocycles. The first-order valence-electron chi connectivity index (χ1n) is 3.92. The first kappa shape index (κ1) is 7.98. The highest BCUT2D eigenvalue weighted by Crippen LogP contribution is 2.13. The van der Waals surface area contributed by atoms with Crippen LogP contribution < -0.4 is 0 Å². The molecule has 0 atom stereocenters. The summed E-state index contributed by atoms with van der Waals surface area (Å²) in [5.41, 5.74) is 0.778. The third kappa shape index (κ3) is 1.59. The molecule has 1 aliphatic rings. The molecule has 0 aliphatic carbocycles. The average Bonchev–Trinajstić information content (AvgIpc) is 2.53. The van der Waals surface area contributed by atoms with Crippen molar-refractivity contribution in [3.05, 3.63) is 48.0 Å². The van der Waals surface area contributed by atoms with Gasteiger partial charge >= 0.3 is 0 Å². The van der Waals surface area contributed by atoms with Crippen molar-refractivity contribution in [2.24, 2.45) is 4.99 Å². The van der Waals surface area contributed by atoms with Crippen molar-refractivity contribution in [3.8, 4) is 0 Å². The molecule has 1 aromatic rings. The van der Waals surface area contributed by atoms with Gasteiger partial charge in [0.05, 0.1) is 0 Å². The van der Waals surface area contributed by atoms with Gasteiger partial charge in [0.25, 0.3) is 0 Å².